The van der Waals surface area contributed by atoms with Crippen LogP contribution in [0, 0.1) is 46.3 Å². The lowest BCUT2D eigenvalue weighted by atomic mass is 9.44. The summed E-state index contributed by atoms with van der Waals surface area (Å²) in [7, 11) is 3.25. The zero-order chi connectivity index (χ0) is 19.1. The van der Waals surface area contributed by atoms with E-state index in [2.05, 4.69) is 25.5 Å². The zero-order valence-electron chi connectivity index (χ0n) is 18.1. The minimum absolute atomic E-state index is 0.332. The molecule has 0 amide bonds. The van der Waals surface area contributed by atoms with E-state index in [9.17, 15) is 4.79 Å². The van der Waals surface area contributed by atoms with Crippen LogP contribution in [0.5, 0.6) is 0 Å². The van der Waals surface area contributed by atoms with Gasteiger partial charge in [-0.3, -0.25) is 4.79 Å². The van der Waals surface area contributed by atoms with Crippen LogP contribution in [0.3, 0.4) is 0 Å². The molecule has 2 nitrogen and oxygen atoms in total. The zero-order valence-corrected chi connectivity index (χ0v) is 18.1. The normalized spacial score (nSPS) is 49.9. The molecular weight excluding hydrogens is 320 g/mol. The first kappa shape index (κ1) is 20.4. The van der Waals surface area contributed by atoms with Crippen LogP contribution in [0.4, 0.5) is 0 Å². The Kier molecular flexibility index (Phi) is 5.93. The number of carbonyl (C=O) groups is 1. The molecule has 0 N–H and O–H groups in total. The van der Waals surface area contributed by atoms with Crippen LogP contribution in [0.2, 0.25) is 0 Å². The first-order valence-electron chi connectivity index (χ1n) is 11.2. The minimum Gasteiger partial charge on any atom is -0.388 e. The summed E-state index contributed by atoms with van der Waals surface area (Å²) in [6.07, 6.45) is 12.6. The van der Waals surface area contributed by atoms with Gasteiger partial charge in [0.25, 0.3) is 0 Å². The Labute approximate surface area is 161 Å². The molecule has 0 aromatic heterocycles. The Morgan fingerprint density at radius 1 is 0.885 bits per heavy atom. The fourth-order valence-corrected chi connectivity index (χ4v) is 8.14. The van der Waals surface area contributed by atoms with E-state index in [1.54, 1.807) is 14.2 Å². The predicted octanol–water partition coefficient (Wildman–Crippen LogP) is 6.13. The number of hydrogen-bond acceptors (Lipinski definition) is 2. The molecule has 4 saturated carbocycles. The van der Waals surface area contributed by atoms with Crippen molar-refractivity contribution in [1.29, 1.82) is 0 Å². The molecule has 0 saturated heterocycles. The number of rotatable bonds is 1. The van der Waals surface area contributed by atoms with Gasteiger partial charge in [0, 0.05) is 20.1 Å². The molecule has 4 aliphatic rings. The third-order valence-corrected chi connectivity index (χ3v) is 9.42. The molecule has 0 heterocycles. The van der Waals surface area contributed by atoms with Crippen molar-refractivity contribution in [1.82, 2.24) is 0 Å². The fourth-order valence-electron chi connectivity index (χ4n) is 8.14. The maximum Gasteiger partial charge on any atom is 0.133 e. The van der Waals surface area contributed by atoms with Gasteiger partial charge in [0.1, 0.15) is 5.78 Å². The summed E-state index contributed by atoms with van der Waals surface area (Å²) >= 11 is 0. The second-order valence-electron chi connectivity index (χ2n) is 10.7. The monoisotopic (exact) mass is 362 g/mol. The molecule has 0 bridgehead atoms. The van der Waals surface area contributed by atoms with Crippen molar-refractivity contribution in [2.75, 3.05) is 14.2 Å². The highest BCUT2D eigenvalue weighted by atomic mass is 16.4. The first-order valence-corrected chi connectivity index (χ1v) is 11.2. The number of hydrogen-bond donors (Lipinski definition) is 0. The Morgan fingerprint density at radius 2 is 1.50 bits per heavy atom. The topological polar surface area (TPSA) is 26.3 Å². The predicted molar refractivity (Wildman–Crippen MR) is 108 cm³/mol. The van der Waals surface area contributed by atoms with Crippen molar-refractivity contribution in [2.24, 2.45) is 46.3 Å². The van der Waals surface area contributed by atoms with Gasteiger partial charge in [0.2, 0.25) is 0 Å². The highest BCUT2D eigenvalue weighted by molar-refractivity contribution is 5.79. The van der Waals surface area contributed by atoms with Crippen LogP contribution in [0.15, 0.2) is 0 Å². The van der Waals surface area contributed by atoms with Gasteiger partial charge in [-0.15, -0.1) is 0 Å². The van der Waals surface area contributed by atoms with Crippen LogP contribution >= 0.6 is 0 Å². The number of fused-ring (bicyclic) bond motifs is 5. The van der Waals surface area contributed by atoms with Crippen molar-refractivity contribution in [3.05, 3.63) is 0 Å². The number of methoxy groups -OCH3 is 1. The smallest absolute Gasteiger partial charge is 0.133 e. The van der Waals surface area contributed by atoms with Crippen LogP contribution in [0.1, 0.15) is 85.5 Å². The molecule has 0 aromatic carbocycles. The molecule has 150 valence electrons. The second-order valence-corrected chi connectivity index (χ2v) is 10.7. The molecular formula is C24H42O2. The van der Waals surface area contributed by atoms with E-state index in [1.807, 2.05) is 6.92 Å². The summed E-state index contributed by atoms with van der Waals surface area (Å²) < 4.78 is 4.25. The van der Waals surface area contributed by atoms with Gasteiger partial charge in [-0.1, -0.05) is 27.2 Å². The lowest BCUT2D eigenvalue weighted by molar-refractivity contribution is -0.135. The molecule has 0 radical (unpaired) electrons. The Balaban J connectivity index is 0.000000613. The van der Waals surface area contributed by atoms with Crippen LogP contribution < -0.4 is 0 Å². The lowest BCUT2D eigenvalue weighted by Gasteiger charge is -2.61. The Hall–Kier alpha value is -0.370. The fraction of sp³-hybridized carbons (Fsp3) is 0.958. The van der Waals surface area contributed by atoms with Gasteiger partial charge < -0.3 is 4.74 Å². The number of ketones is 1. The van der Waals surface area contributed by atoms with Gasteiger partial charge in [-0.2, -0.15) is 0 Å². The molecule has 4 rings (SSSR count). The van der Waals surface area contributed by atoms with E-state index in [0.29, 0.717) is 22.5 Å². The van der Waals surface area contributed by atoms with Crippen molar-refractivity contribution in [2.45, 2.75) is 85.5 Å². The highest BCUT2D eigenvalue weighted by Gasteiger charge is 2.60. The third-order valence-electron chi connectivity index (χ3n) is 9.42. The highest BCUT2D eigenvalue weighted by Crippen LogP contribution is 2.67. The summed E-state index contributed by atoms with van der Waals surface area (Å²) in [6, 6.07) is 0. The molecule has 8 atom stereocenters. The van der Waals surface area contributed by atoms with Crippen molar-refractivity contribution in [3.8, 4) is 0 Å². The van der Waals surface area contributed by atoms with Gasteiger partial charge in [-0.25, -0.2) is 0 Å². The largest absolute Gasteiger partial charge is 0.388 e. The number of carbonyl (C=O) groups excluding carboxylic acids is 1. The lowest BCUT2D eigenvalue weighted by Crippen LogP contribution is -2.53. The summed E-state index contributed by atoms with van der Waals surface area (Å²) in [5, 5.41) is 0. The Morgan fingerprint density at radius 3 is 2.15 bits per heavy atom. The second kappa shape index (κ2) is 7.57. The summed E-state index contributed by atoms with van der Waals surface area (Å²) in [6.45, 7) is 9.45. The van der Waals surface area contributed by atoms with E-state index >= 15 is 0 Å². The van der Waals surface area contributed by atoms with Gasteiger partial charge in [-0.05, 0) is 98.7 Å². The average molecular weight is 363 g/mol. The summed E-state index contributed by atoms with van der Waals surface area (Å²) in [5.41, 5.74) is 0.948. The molecule has 4 fully saturated rings. The van der Waals surface area contributed by atoms with Gasteiger partial charge >= 0.3 is 0 Å². The van der Waals surface area contributed by atoms with E-state index in [0.717, 1.165) is 29.6 Å². The molecule has 0 aromatic rings. The molecule has 0 aliphatic heterocycles. The SMILES string of the molecule is CC(=O)C1CCC2C3CCC4CC(C)CCC4(C)C3CCC12C.COC. The van der Waals surface area contributed by atoms with E-state index < -0.39 is 0 Å². The van der Waals surface area contributed by atoms with Gasteiger partial charge in [0.15, 0.2) is 0 Å². The number of Topliss-reactive ketones (excluding diaryl/α,β-unsaturated/α-hetero) is 1. The van der Waals surface area contributed by atoms with Gasteiger partial charge in [0.05, 0.1) is 0 Å². The summed E-state index contributed by atoms with van der Waals surface area (Å²) in [4.78, 5) is 12.2. The van der Waals surface area contributed by atoms with Crippen LogP contribution in [-0.2, 0) is 9.53 Å². The minimum atomic E-state index is 0.332. The standard InChI is InChI=1S/C22H36O.C2H6O/c1-14-9-11-21(3)16(13-14)5-6-17-19-8-7-18(15(2)23)22(19,4)12-10-20(17)21;1-3-2/h14,16-20H,5-13H2,1-4H3;1-2H3. The van der Waals surface area contributed by atoms with Crippen molar-refractivity contribution < 1.29 is 9.53 Å². The van der Waals surface area contributed by atoms with Crippen LogP contribution in [-0.4, -0.2) is 20.0 Å². The third kappa shape index (κ3) is 3.19. The van der Waals surface area contributed by atoms with Crippen molar-refractivity contribution in [3.63, 3.8) is 0 Å². The Bertz CT molecular complexity index is 514. The molecule has 2 heteroatoms. The molecule has 26 heavy (non-hydrogen) atoms. The molecule has 4 aliphatic carbocycles. The summed E-state index contributed by atoms with van der Waals surface area (Å²) in [5.74, 6) is 5.50. The first-order chi connectivity index (χ1) is 12.3. The van der Waals surface area contributed by atoms with Crippen molar-refractivity contribution >= 4 is 5.78 Å². The van der Waals surface area contributed by atoms with Crippen LogP contribution in [0.25, 0.3) is 0 Å². The average Bonchev–Trinajstić information content (AvgIpc) is 2.93. The van der Waals surface area contributed by atoms with E-state index in [1.165, 1.54) is 57.8 Å². The van der Waals surface area contributed by atoms with E-state index in [4.69, 9.17) is 0 Å². The number of ether oxygens (including phenoxy) is 1. The maximum absolute atomic E-state index is 12.2. The quantitative estimate of drug-likeness (QED) is 0.560. The molecule has 0 spiro atoms. The molecule has 8 unspecified atom stereocenters. The van der Waals surface area contributed by atoms with E-state index in [-0.39, 0.29) is 0 Å². The maximum atomic E-state index is 12.2.